The van der Waals surface area contributed by atoms with Crippen LogP contribution < -0.4 is 9.64 Å². The summed E-state index contributed by atoms with van der Waals surface area (Å²) >= 11 is 0. The molecule has 0 unspecified atom stereocenters. The highest BCUT2D eigenvalue weighted by Crippen LogP contribution is 2.44. The number of carbonyl (C=O) groups excluding carboxylic acids is 1. The summed E-state index contributed by atoms with van der Waals surface area (Å²) < 4.78 is 58.4. The van der Waals surface area contributed by atoms with Crippen molar-refractivity contribution in [3.63, 3.8) is 0 Å². The highest BCUT2D eigenvalue weighted by molar-refractivity contribution is 5.93. The van der Waals surface area contributed by atoms with Gasteiger partial charge in [-0.1, -0.05) is 12.1 Å². The van der Waals surface area contributed by atoms with Gasteiger partial charge in [-0.25, -0.2) is 19.3 Å². The molecule has 2 fully saturated rings. The van der Waals surface area contributed by atoms with Gasteiger partial charge in [0.15, 0.2) is 17.9 Å². The second kappa shape index (κ2) is 8.09. The van der Waals surface area contributed by atoms with Gasteiger partial charge in [0.25, 0.3) is 5.88 Å². The highest BCUT2D eigenvalue weighted by atomic mass is 19.4. The van der Waals surface area contributed by atoms with Crippen molar-refractivity contribution in [1.82, 2.24) is 15.0 Å². The number of hydrogen-bond donors (Lipinski definition) is 0. The SMILES string of the molecule is O=Cc1c(-c2ncccn2)cccc1N1C[C@H]2C[C@@H](Oc3ncc(C(F)(F)F)cc3F)[C@@H]1C2. The monoisotopic (exact) mass is 458 g/mol. The van der Waals surface area contributed by atoms with Crippen LogP contribution in [0.15, 0.2) is 48.9 Å². The van der Waals surface area contributed by atoms with Crippen molar-refractivity contribution in [1.29, 1.82) is 0 Å². The van der Waals surface area contributed by atoms with Gasteiger partial charge >= 0.3 is 6.18 Å². The Morgan fingerprint density at radius 3 is 2.55 bits per heavy atom. The van der Waals surface area contributed by atoms with Crippen molar-refractivity contribution in [2.45, 2.75) is 31.2 Å². The zero-order valence-corrected chi connectivity index (χ0v) is 17.2. The summed E-state index contributed by atoms with van der Waals surface area (Å²) in [7, 11) is 0. The van der Waals surface area contributed by atoms with Gasteiger partial charge in [-0.2, -0.15) is 13.2 Å². The third kappa shape index (κ3) is 3.90. The molecular weight excluding hydrogens is 440 g/mol. The summed E-state index contributed by atoms with van der Waals surface area (Å²) in [5.74, 6) is -0.943. The van der Waals surface area contributed by atoms with E-state index < -0.39 is 29.5 Å². The molecule has 1 aliphatic heterocycles. The van der Waals surface area contributed by atoms with E-state index in [0.29, 0.717) is 47.9 Å². The maximum atomic E-state index is 14.3. The minimum absolute atomic E-state index is 0.177. The van der Waals surface area contributed by atoms with E-state index in [2.05, 4.69) is 15.0 Å². The molecule has 1 aromatic carbocycles. The number of nitrogens with zero attached hydrogens (tertiary/aromatic N) is 4. The fourth-order valence-corrected chi connectivity index (χ4v) is 4.74. The molecule has 5 rings (SSSR count). The number of pyridine rings is 1. The number of piperidine rings is 1. The molecule has 0 spiro atoms. The van der Waals surface area contributed by atoms with Crippen LogP contribution in [0, 0.1) is 11.7 Å². The maximum absolute atomic E-state index is 14.3. The number of anilines is 1. The number of hydrogen-bond acceptors (Lipinski definition) is 6. The average Bonchev–Trinajstić information content (AvgIpc) is 3.40. The van der Waals surface area contributed by atoms with Crippen molar-refractivity contribution >= 4 is 12.0 Å². The lowest BCUT2D eigenvalue weighted by Crippen LogP contribution is -2.44. The van der Waals surface area contributed by atoms with E-state index in [-0.39, 0.29) is 12.0 Å². The van der Waals surface area contributed by atoms with Crippen molar-refractivity contribution in [3.8, 4) is 17.3 Å². The van der Waals surface area contributed by atoms with Gasteiger partial charge in [0, 0.05) is 41.9 Å². The first-order valence-electron chi connectivity index (χ1n) is 10.4. The zero-order valence-electron chi connectivity index (χ0n) is 17.2. The van der Waals surface area contributed by atoms with Gasteiger partial charge in [-0.05, 0) is 37.0 Å². The van der Waals surface area contributed by atoms with Gasteiger partial charge < -0.3 is 9.64 Å². The van der Waals surface area contributed by atoms with Crippen molar-refractivity contribution in [2.24, 2.45) is 5.92 Å². The maximum Gasteiger partial charge on any atom is 0.417 e. The topological polar surface area (TPSA) is 68.2 Å². The molecular formula is C23H18F4N4O2. The van der Waals surface area contributed by atoms with Gasteiger partial charge in [0.2, 0.25) is 0 Å². The zero-order chi connectivity index (χ0) is 23.2. The second-order valence-electron chi connectivity index (χ2n) is 8.15. The van der Waals surface area contributed by atoms with E-state index in [9.17, 15) is 22.4 Å². The standard InChI is InChI=1S/C23H18F4N4O2/c24-17-9-14(23(25,26)27)10-30-22(17)33-20-8-13-7-19(20)31(11-13)18-4-1-3-15(16(18)12-32)21-28-5-2-6-29-21/h1-6,9-10,12-13,19-20H,7-8,11H2/t13-,19+,20-/m1/s1. The Kier molecular flexibility index (Phi) is 5.22. The van der Waals surface area contributed by atoms with Crippen LogP contribution in [0.1, 0.15) is 28.8 Å². The minimum Gasteiger partial charge on any atom is -0.470 e. The Balaban J connectivity index is 1.42. The number of alkyl halides is 3. The van der Waals surface area contributed by atoms with Crippen molar-refractivity contribution < 1.29 is 27.1 Å². The molecule has 0 radical (unpaired) electrons. The van der Waals surface area contributed by atoms with Gasteiger partial charge in [0.1, 0.15) is 6.10 Å². The lowest BCUT2D eigenvalue weighted by molar-refractivity contribution is -0.138. The third-order valence-electron chi connectivity index (χ3n) is 6.14. The van der Waals surface area contributed by atoms with Crippen LogP contribution in [-0.2, 0) is 6.18 Å². The predicted molar refractivity (Wildman–Crippen MR) is 110 cm³/mol. The largest absolute Gasteiger partial charge is 0.470 e. The normalized spacial score (nSPS) is 21.9. The van der Waals surface area contributed by atoms with E-state index in [1.807, 2.05) is 17.0 Å². The molecule has 33 heavy (non-hydrogen) atoms. The molecule has 2 aliphatic rings. The molecule has 0 amide bonds. The number of rotatable bonds is 5. The summed E-state index contributed by atoms with van der Waals surface area (Å²) in [5.41, 5.74) is 0.557. The van der Waals surface area contributed by atoms with Crippen LogP contribution in [0.2, 0.25) is 0 Å². The highest BCUT2D eigenvalue weighted by Gasteiger charge is 2.47. The van der Waals surface area contributed by atoms with Crippen molar-refractivity contribution in [3.05, 3.63) is 65.9 Å². The van der Waals surface area contributed by atoms with E-state index >= 15 is 0 Å². The van der Waals surface area contributed by atoms with Crippen LogP contribution in [0.3, 0.4) is 0 Å². The van der Waals surface area contributed by atoms with Crippen LogP contribution in [0.4, 0.5) is 23.2 Å². The van der Waals surface area contributed by atoms with E-state index in [1.165, 1.54) is 0 Å². The Morgan fingerprint density at radius 2 is 1.88 bits per heavy atom. The Bertz CT molecular complexity index is 1190. The summed E-state index contributed by atoms with van der Waals surface area (Å²) in [6.45, 7) is 0.688. The number of aromatic nitrogens is 3. The lowest BCUT2D eigenvalue weighted by atomic mass is 10.0. The van der Waals surface area contributed by atoms with Crippen molar-refractivity contribution in [2.75, 3.05) is 11.4 Å². The number of carbonyl (C=O) groups is 1. The molecule has 2 bridgehead atoms. The number of aldehydes is 1. The smallest absolute Gasteiger partial charge is 0.417 e. The molecule has 1 saturated carbocycles. The lowest BCUT2D eigenvalue weighted by Gasteiger charge is -2.35. The van der Waals surface area contributed by atoms with E-state index in [1.54, 1.807) is 24.5 Å². The third-order valence-corrected chi connectivity index (χ3v) is 6.14. The quantitative estimate of drug-likeness (QED) is 0.413. The average molecular weight is 458 g/mol. The second-order valence-corrected chi connectivity index (χ2v) is 8.15. The number of fused-ring (bicyclic) bond motifs is 2. The molecule has 3 atom stereocenters. The van der Waals surface area contributed by atoms with Crippen LogP contribution in [-0.4, -0.2) is 39.9 Å². The van der Waals surface area contributed by atoms with Crippen LogP contribution in [0.25, 0.3) is 11.4 Å². The predicted octanol–water partition coefficient (Wildman–Crippen LogP) is 4.56. The molecule has 3 aromatic rings. The minimum atomic E-state index is -4.69. The summed E-state index contributed by atoms with van der Waals surface area (Å²) in [6.07, 6.45) is 0.747. The Morgan fingerprint density at radius 1 is 1.09 bits per heavy atom. The molecule has 0 N–H and O–H groups in total. The van der Waals surface area contributed by atoms with E-state index in [0.717, 1.165) is 12.7 Å². The molecule has 1 aliphatic carbocycles. The van der Waals surface area contributed by atoms with Gasteiger partial charge in [-0.15, -0.1) is 0 Å². The first-order chi connectivity index (χ1) is 15.8. The molecule has 3 heterocycles. The Labute approximate surface area is 186 Å². The van der Waals surface area contributed by atoms with Crippen LogP contribution >= 0.6 is 0 Å². The molecule has 2 aromatic heterocycles. The van der Waals surface area contributed by atoms with Crippen LogP contribution in [0.5, 0.6) is 5.88 Å². The molecule has 170 valence electrons. The molecule has 1 saturated heterocycles. The number of halogens is 4. The van der Waals surface area contributed by atoms with Gasteiger partial charge in [-0.3, -0.25) is 4.79 Å². The molecule has 10 heteroatoms. The fourth-order valence-electron chi connectivity index (χ4n) is 4.74. The fraction of sp³-hybridized carbons (Fsp3) is 0.304. The van der Waals surface area contributed by atoms with Gasteiger partial charge in [0.05, 0.1) is 11.6 Å². The summed E-state index contributed by atoms with van der Waals surface area (Å²) in [4.78, 5) is 26.1. The Hall–Kier alpha value is -3.56. The first-order valence-corrected chi connectivity index (χ1v) is 10.4. The number of benzene rings is 1. The molecule has 6 nitrogen and oxygen atoms in total. The first kappa shape index (κ1) is 21.3. The summed E-state index contributed by atoms with van der Waals surface area (Å²) in [5, 5.41) is 0. The summed E-state index contributed by atoms with van der Waals surface area (Å²) in [6, 6.07) is 7.30. The van der Waals surface area contributed by atoms with E-state index in [4.69, 9.17) is 4.74 Å². The number of ether oxygens (including phenoxy) is 1.